The van der Waals surface area contributed by atoms with E-state index in [0.29, 0.717) is 23.3 Å². The second kappa shape index (κ2) is 7.38. The number of rotatable bonds is 5. The normalized spacial score (nSPS) is 17.5. The van der Waals surface area contributed by atoms with E-state index in [1.54, 1.807) is 10.6 Å². The molecule has 4 aromatic rings. The third-order valence-corrected chi connectivity index (χ3v) is 5.61. The molecular weight excluding hydrogens is 368 g/mol. The standard InChI is InChI=1S/C21H22N6O2/c28-13-12-27-20(22-16-7-2-1-6-15(16)21(27)29)17-8-5-10-25(17)14-19-24-23-18-9-3-4-11-26(18)19/h1-4,6-7,9,11,17,28H,5,8,10,12-14H2. The zero-order chi connectivity index (χ0) is 19.8. The molecule has 1 unspecified atom stereocenters. The Morgan fingerprint density at radius 1 is 1.10 bits per heavy atom. The molecule has 0 amide bonds. The number of para-hydroxylation sites is 1. The third-order valence-electron chi connectivity index (χ3n) is 5.61. The van der Waals surface area contributed by atoms with Crippen molar-refractivity contribution in [3.8, 4) is 0 Å². The van der Waals surface area contributed by atoms with Gasteiger partial charge in [0, 0.05) is 6.20 Å². The van der Waals surface area contributed by atoms with Crippen LogP contribution >= 0.6 is 0 Å². The van der Waals surface area contributed by atoms with Crippen molar-refractivity contribution >= 4 is 16.6 Å². The maximum Gasteiger partial charge on any atom is 0.261 e. The first-order valence-electron chi connectivity index (χ1n) is 9.89. The molecule has 1 fully saturated rings. The maximum atomic E-state index is 13.1. The first kappa shape index (κ1) is 18.0. The summed E-state index contributed by atoms with van der Waals surface area (Å²) in [6.45, 7) is 1.66. The quantitative estimate of drug-likeness (QED) is 0.559. The molecule has 3 aromatic heterocycles. The molecule has 1 saturated heterocycles. The summed E-state index contributed by atoms with van der Waals surface area (Å²) < 4.78 is 3.62. The molecule has 8 heteroatoms. The summed E-state index contributed by atoms with van der Waals surface area (Å²) in [6.07, 6.45) is 3.89. The van der Waals surface area contributed by atoms with Crippen LogP contribution in [0.4, 0.5) is 0 Å². The lowest BCUT2D eigenvalue weighted by atomic mass is 10.1. The van der Waals surface area contributed by atoms with Gasteiger partial charge in [0.25, 0.3) is 5.56 Å². The Labute approximate surface area is 167 Å². The molecular formula is C21H22N6O2. The molecule has 4 heterocycles. The summed E-state index contributed by atoms with van der Waals surface area (Å²) in [5.74, 6) is 1.58. The van der Waals surface area contributed by atoms with Gasteiger partial charge in [-0.3, -0.25) is 18.7 Å². The van der Waals surface area contributed by atoms with Gasteiger partial charge >= 0.3 is 0 Å². The van der Waals surface area contributed by atoms with Gasteiger partial charge in [0.15, 0.2) is 11.5 Å². The molecule has 1 aliphatic heterocycles. The van der Waals surface area contributed by atoms with Crippen LogP contribution in [-0.4, -0.2) is 47.3 Å². The summed E-state index contributed by atoms with van der Waals surface area (Å²) in [7, 11) is 0. The number of pyridine rings is 1. The Balaban J connectivity index is 1.56. The lowest BCUT2D eigenvalue weighted by Gasteiger charge is -2.25. The van der Waals surface area contributed by atoms with Gasteiger partial charge in [-0.2, -0.15) is 0 Å². The highest BCUT2D eigenvalue weighted by molar-refractivity contribution is 5.77. The summed E-state index contributed by atoms with van der Waals surface area (Å²) in [6, 6.07) is 13.2. The lowest BCUT2D eigenvalue weighted by molar-refractivity contribution is 0.218. The van der Waals surface area contributed by atoms with Crippen LogP contribution < -0.4 is 5.56 Å². The molecule has 0 radical (unpaired) electrons. The van der Waals surface area contributed by atoms with Gasteiger partial charge in [-0.15, -0.1) is 10.2 Å². The van der Waals surface area contributed by atoms with Gasteiger partial charge in [-0.05, 0) is 43.7 Å². The monoisotopic (exact) mass is 390 g/mol. The van der Waals surface area contributed by atoms with Gasteiger partial charge in [-0.1, -0.05) is 18.2 Å². The number of hydrogen-bond acceptors (Lipinski definition) is 6. The van der Waals surface area contributed by atoms with E-state index in [0.717, 1.165) is 30.9 Å². The van der Waals surface area contributed by atoms with Crippen molar-refractivity contribution in [2.75, 3.05) is 13.2 Å². The smallest absolute Gasteiger partial charge is 0.261 e. The molecule has 0 saturated carbocycles. The van der Waals surface area contributed by atoms with Crippen molar-refractivity contribution in [3.63, 3.8) is 0 Å². The van der Waals surface area contributed by atoms with E-state index in [1.165, 1.54) is 0 Å². The molecule has 148 valence electrons. The van der Waals surface area contributed by atoms with Gasteiger partial charge in [-0.25, -0.2) is 4.98 Å². The van der Waals surface area contributed by atoms with Crippen molar-refractivity contribution < 1.29 is 5.11 Å². The van der Waals surface area contributed by atoms with E-state index in [1.807, 2.05) is 47.0 Å². The number of aliphatic hydroxyl groups excluding tert-OH is 1. The van der Waals surface area contributed by atoms with E-state index in [2.05, 4.69) is 15.1 Å². The van der Waals surface area contributed by atoms with Crippen LogP contribution in [0.1, 0.15) is 30.5 Å². The number of fused-ring (bicyclic) bond motifs is 2. The van der Waals surface area contributed by atoms with Crippen LogP contribution in [0.3, 0.4) is 0 Å². The Morgan fingerprint density at radius 3 is 2.86 bits per heavy atom. The highest BCUT2D eigenvalue weighted by Gasteiger charge is 2.31. The number of nitrogens with zero attached hydrogens (tertiary/aromatic N) is 6. The fraction of sp³-hybridized carbons (Fsp3) is 0.333. The van der Waals surface area contributed by atoms with Crippen molar-refractivity contribution in [1.82, 2.24) is 29.0 Å². The molecule has 0 spiro atoms. The Kier molecular flexibility index (Phi) is 4.57. The molecule has 1 aliphatic rings. The van der Waals surface area contributed by atoms with Crippen LogP contribution in [0.2, 0.25) is 0 Å². The number of aliphatic hydroxyl groups is 1. The zero-order valence-corrected chi connectivity index (χ0v) is 16.0. The molecule has 8 nitrogen and oxygen atoms in total. The topological polar surface area (TPSA) is 88.5 Å². The van der Waals surface area contributed by atoms with Crippen LogP contribution in [-0.2, 0) is 13.1 Å². The summed E-state index contributed by atoms with van der Waals surface area (Å²) >= 11 is 0. The minimum atomic E-state index is -0.103. The highest BCUT2D eigenvalue weighted by atomic mass is 16.3. The second-order valence-electron chi connectivity index (χ2n) is 7.34. The number of hydrogen-bond donors (Lipinski definition) is 1. The summed E-state index contributed by atoms with van der Waals surface area (Å²) in [4.78, 5) is 20.2. The molecule has 1 aromatic carbocycles. The van der Waals surface area contributed by atoms with Crippen LogP contribution in [0.15, 0.2) is 53.5 Å². The predicted molar refractivity (Wildman–Crippen MR) is 108 cm³/mol. The average Bonchev–Trinajstić information content (AvgIpc) is 3.38. The Morgan fingerprint density at radius 2 is 1.97 bits per heavy atom. The van der Waals surface area contributed by atoms with Crippen molar-refractivity contribution in [2.24, 2.45) is 0 Å². The van der Waals surface area contributed by atoms with Crippen molar-refractivity contribution in [3.05, 3.63) is 70.7 Å². The summed E-state index contributed by atoms with van der Waals surface area (Å²) in [5, 5.41) is 18.7. The Bertz CT molecular complexity index is 1230. The minimum Gasteiger partial charge on any atom is -0.395 e. The van der Waals surface area contributed by atoms with Crippen LogP contribution in [0.5, 0.6) is 0 Å². The molecule has 29 heavy (non-hydrogen) atoms. The number of aromatic nitrogens is 5. The molecule has 0 bridgehead atoms. The van der Waals surface area contributed by atoms with E-state index < -0.39 is 0 Å². The SMILES string of the molecule is O=c1c2ccccc2nc(C2CCCN2Cc2nnc3ccccn23)n1CCO. The largest absolute Gasteiger partial charge is 0.395 e. The zero-order valence-electron chi connectivity index (χ0n) is 16.0. The van der Waals surface area contributed by atoms with Crippen molar-refractivity contribution in [2.45, 2.75) is 32.0 Å². The van der Waals surface area contributed by atoms with Gasteiger partial charge in [0.2, 0.25) is 0 Å². The lowest BCUT2D eigenvalue weighted by Crippen LogP contribution is -2.33. The van der Waals surface area contributed by atoms with E-state index >= 15 is 0 Å². The minimum absolute atomic E-state index is 0.00471. The second-order valence-corrected chi connectivity index (χ2v) is 7.34. The van der Waals surface area contributed by atoms with E-state index in [4.69, 9.17) is 4.98 Å². The summed E-state index contributed by atoms with van der Waals surface area (Å²) in [5.41, 5.74) is 1.42. The third kappa shape index (κ3) is 3.10. The average molecular weight is 390 g/mol. The number of likely N-dealkylation sites (tertiary alicyclic amines) is 1. The molecule has 5 rings (SSSR count). The van der Waals surface area contributed by atoms with Crippen molar-refractivity contribution in [1.29, 1.82) is 0 Å². The van der Waals surface area contributed by atoms with Gasteiger partial charge < -0.3 is 5.11 Å². The first-order chi connectivity index (χ1) is 14.3. The van der Waals surface area contributed by atoms with Crippen LogP contribution in [0, 0.1) is 0 Å². The van der Waals surface area contributed by atoms with Crippen LogP contribution in [0.25, 0.3) is 16.6 Å². The molecule has 1 N–H and O–H groups in total. The van der Waals surface area contributed by atoms with Gasteiger partial charge in [0.05, 0.1) is 36.6 Å². The molecule has 0 aliphatic carbocycles. The van der Waals surface area contributed by atoms with E-state index in [9.17, 15) is 9.90 Å². The first-order valence-corrected chi connectivity index (χ1v) is 9.89. The maximum absolute atomic E-state index is 13.1. The fourth-order valence-electron chi connectivity index (χ4n) is 4.24. The molecule has 1 atom stereocenters. The predicted octanol–water partition coefficient (Wildman–Crippen LogP) is 1.77. The number of benzene rings is 1. The van der Waals surface area contributed by atoms with E-state index in [-0.39, 0.29) is 24.8 Å². The van der Waals surface area contributed by atoms with Gasteiger partial charge in [0.1, 0.15) is 5.82 Å². The highest BCUT2D eigenvalue weighted by Crippen LogP contribution is 2.32. The Hall–Kier alpha value is -3.10. The fourth-order valence-corrected chi connectivity index (χ4v) is 4.24.